The summed E-state index contributed by atoms with van der Waals surface area (Å²) in [7, 11) is 0.625. The maximum Gasteiger partial charge on any atom is 0.354 e. The van der Waals surface area contributed by atoms with Gasteiger partial charge in [0.1, 0.15) is 65.5 Å². The van der Waals surface area contributed by atoms with E-state index in [1.807, 2.05) is 196 Å². The third-order valence-corrected chi connectivity index (χ3v) is 15.9. The Kier molecular flexibility index (Phi) is 26.3. The van der Waals surface area contributed by atoms with Crippen molar-refractivity contribution in [3.8, 4) is 6.07 Å². The van der Waals surface area contributed by atoms with Crippen LogP contribution in [-0.2, 0) is 88.9 Å². The van der Waals surface area contributed by atoms with E-state index in [1.165, 1.54) is 17.2 Å². The Morgan fingerprint density at radius 3 is 1.23 bits per heavy atom. The Hall–Kier alpha value is -8.90. The summed E-state index contributed by atoms with van der Waals surface area (Å²) in [5.41, 5.74) is 15.8. The number of halogens is 3. The van der Waals surface area contributed by atoms with E-state index >= 15 is 0 Å². The van der Waals surface area contributed by atoms with Gasteiger partial charge in [-0.2, -0.15) is 15.5 Å². The molecule has 0 amide bonds. The van der Waals surface area contributed by atoms with E-state index in [4.69, 9.17) is 63.6 Å². The molecule has 0 spiro atoms. The van der Waals surface area contributed by atoms with Crippen LogP contribution in [0.1, 0.15) is 72.5 Å². The predicted molar refractivity (Wildman–Crippen MR) is 350 cm³/mol. The number of nitriles is 1. The smallest absolute Gasteiger partial charge is 0.354 e. The molecule has 2 fully saturated rings. The summed E-state index contributed by atoms with van der Waals surface area (Å²) < 4.78 is 82.0. The van der Waals surface area contributed by atoms with E-state index in [9.17, 15) is 14.7 Å². The topological polar surface area (TPSA) is 251 Å². The highest BCUT2D eigenvalue weighted by molar-refractivity contribution is 6.25. The van der Waals surface area contributed by atoms with Gasteiger partial charge in [0.25, 0.3) is 0 Å². The van der Waals surface area contributed by atoms with Crippen molar-refractivity contribution in [2.75, 3.05) is 31.3 Å². The molecule has 6 aromatic carbocycles. The molecule has 10 aromatic rings. The molecular formula is C71H78BF3N9O10. The zero-order chi connectivity index (χ0) is 66.8. The third-order valence-electron chi connectivity index (χ3n) is 15.9. The summed E-state index contributed by atoms with van der Waals surface area (Å²) in [6, 6.07) is 68.7. The average molecular weight is 1290 g/mol. The molecule has 1 radical (unpaired) electrons. The lowest BCUT2D eigenvalue weighted by molar-refractivity contribution is -0.294. The molecule has 2 saturated heterocycles. The first-order chi connectivity index (χ1) is 45.8. The van der Waals surface area contributed by atoms with Crippen molar-refractivity contribution in [1.29, 1.82) is 5.26 Å². The van der Waals surface area contributed by atoms with Gasteiger partial charge in [-0.1, -0.05) is 189 Å². The number of aliphatic hydroxyl groups is 2. The fourth-order valence-electron chi connectivity index (χ4n) is 11.2. The van der Waals surface area contributed by atoms with E-state index in [0.29, 0.717) is 61.9 Å². The summed E-state index contributed by atoms with van der Waals surface area (Å²) in [6.45, 7) is 9.47. The summed E-state index contributed by atoms with van der Waals surface area (Å²) in [4.78, 5) is 8.21. The van der Waals surface area contributed by atoms with Crippen LogP contribution in [-0.4, -0.2) is 102 Å². The highest BCUT2D eigenvalue weighted by atomic mass is 20.0. The molecule has 2 aliphatic heterocycles. The highest BCUT2D eigenvalue weighted by Gasteiger charge is 2.69. The molecule has 94 heavy (non-hydrogen) atoms. The Bertz CT molecular complexity index is 3880. The van der Waals surface area contributed by atoms with Crippen LogP contribution in [0.5, 0.6) is 0 Å². The Labute approximate surface area is 545 Å². The number of hydrogen-bond donors (Lipinski definition) is 4. The van der Waals surface area contributed by atoms with Crippen LogP contribution < -0.4 is 11.5 Å². The third kappa shape index (κ3) is 16.7. The Morgan fingerprint density at radius 2 is 0.851 bits per heavy atom. The lowest BCUT2D eigenvalue weighted by atomic mass is 9.79. The minimum absolute atomic E-state index is 0.154. The quantitative estimate of drug-likeness (QED) is 0.0435. The van der Waals surface area contributed by atoms with Crippen LogP contribution in [0.15, 0.2) is 219 Å². The Morgan fingerprint density at radius 1 is 0.521 bits per heavy atom. The molecule has 0 aliphatic carbocycles. The molecule has 491 valence electrons. The van der Waals surface area contributed by atoms with Gasteiger partial charge in [0, 0.05) is 15.8 Å². The first-order valence-corrected chi connectivity index (χ1v) is 30.6. The van der Waals surface area contributed by atoms with Crippen molar-refractivity contribution in [2.24, 2.45) is 0 Å². The van der Waals surface area contributed by atoms with E-state index in [-0.39, 0.29) is 45.5 Å². The van der Waals surface area contributed by atoms with Crippen molar-refractivity contribution >= 4 is 30.2 Å². The number of nitrogens with two attached hydrogens (primary N) is 2. The number of hydrogen-bond acceptors (Lipinski definition) is 17. The maximum atomic E-state index is 12.6. The first kappa shape index (κ1) is 71.0. The second-order valence-electron chi connectivity index (χ2n) is 22.1. The highest BCUT2D eigenvalue weighted by Crippen LogP contribution is 2.52. The minimum atomic E-state index is -1.99. The van der Waals surface area contributed by atoms with E-state index in [0.717, 1.165) is 33.4 Å². The lowest BCUT2D eigenvalue weighted by Crippen LogP contribution is -2.55. The predicted octanol–water partition coefficient (Wildman–Crippen LogP) is 11.7. The van der Waals surface area contributed by atoms with Gasteiger partial charge >= 0.3 is 7.56 Å². The van der Waals surface area contributed by atoms with Crippen molar-refractivity contribution in [3.05, 3.63) is 264 Å². The molecule has 19 nitrogen and oxygen atoms in total. The maximum absolute atomic E-state index is 12.6. The molecule has 8 atom stereocenters. The second kappa shape index (κ2) is 34.8. The van der Waals surface area contributed by atoms with Gasteiger partial charge in [-0.25, -0.2) is 19.0 Å². The molecular weight excluding hydrogens is 1210 g/mol. The molecule has 6 N–H and O–H groups in total. The fourth-order valence-corrected chi connectivity index (χ4v) is 11.2. The normalized spacial score (nSPS) is 21.9. The first-order valence-electron chi connectivity index (χ1n) is 30.6. The van der Waals surface area contributed by atoms with Crippen LogP contribution in [0, 0.1) is 11.3 Å². The minimum Gasteiger partial charge on any atom is -0.397 e. The number of ether oxygens (including phenoxy) is 8. The van der Waals surface area contributed by atoms with Gasteiger partial charge in [-0.05, 0) is 84.7 Å². The van der Waals surface area contributed by atoms with E-state index in [2.05, 4.69) is 26.2 Å². The molecule has 4 aromatic heterocycles. The summed E-state index contributed by atoms with van der Waals surface area (Å²) in [5.74, 6) is -1.42. The molecule has 12 rings (SSSR count). The number of anilines is 2. The summed E-state index contributed by atoms with van der Waals surface area (Å²) in [5, 5.41) is 40.0. The zero-order valence-corrected chi connectivity index (χ0v) is 52.8. The van der Waals surface area contributed by atoms with E-state index in [1.54, 1.807) is 42.6 Å². The summed E-state index contributed by atoms with van der Waals surface area (Å²) in [6.07, 6.45) is 0.461. The average Bonchev–Trinajstić information content (AvgIpc) is 1.55. The number of fused-ring (bicyclic) bond motifs is 2. The van der Waals surface area contributed by atoms with Crippen molar-refractivity contribution in [3.63, 3.8) is 0 Å². The molecule has 6 heterocycles. The molecule has 1 unspecified atom stereocenters. The van der Waals surface area contributed by atoms with Crippen molar-refractivity contribution < 1.29 is 61.6 Å². The fraction of sp³-hybridized carbons (Fsp3) is 0.310. The number of nitrogens with zero attached hydrogens (tertiary/aromatic N) is 7. The van der Waals surface area contributed by atoms with E-state index < -0.39 is 47.0 Å². The number of rotatable bonds is 23. The van der Waals surface area contributed by atoms with Crippen molar-refractivity contribution in [2.45, 2.75) is 121 Å². The standard InChI is InChI=1S/C34H33N5O4.C33H34N4O5.C2H5BF.C2H6O.F2/c1-33(42-21-27-15-9-4-10-16-27)31(41-20-26-13-7-3-8-14-26)29(22-40-19-25-11-5-2-6-12-25)43-34(33,23-35)30-18-17-28-32(36)37-24-38-39(28)30;1-32(41-21-26-15-9-4-10-16-26)30(40-20-25-13-7-3-8-14-25)28(22-39-19-24-11-5-2-6-12-24)42-33(32,38)29-18-17-27-31(34)35-23-36-37(27)29;1-2-3-4;1-2-3;1-2/h2-18,24,29,31H,19-22H2,1H3,(H2,36,37,38);2-18,23,28,30,38H,19-22H2,1H3,(H2,34,35,36);2H2,1H3;3H,2H2,1H3;/t29-,31-,33-,34+;28-,30-,32-,33?;;;/m11.../s1. The largest absolute Gasteiger partial charge is 0.397 e. The van der Waals surface area contributed by atoms with Crippen LogP contribution in [0.3, 0.4) is 0 Å². The van der Waals surface area contributed by atoms with Gasteiger partial charge in [0.2, 0.25) is 11.4 Å². The Balaban J connectivity index is 0.000000214. The molecule has 0 bridgehead atoms. The van der Waals surface area contributed by atoms with Crippen molar-refractivity contribution in [1.82, 2.24) is 29.2 Å². The summed E-state index contributed by atoms with van der Waals surface area (Å²) >= 11 is 0. The SMILES string of the molecule is CCO.CC[B]F.C[C@@]1(OCc2ccccc2)[C@H](OCc2ccccc2)[C@@H](COCc2ccccc2)OC1(O)c1ccc2c(N)ncnn12.C[C@@]1(OCc2ccccc2)[C@H](OCc2ccccc2)[C@@H](COCc2ccccc2)O[C@@]1(C#N)c1ccc2c(N)ncnn12.FF. The van der Waals surface area contributed by atoms with Crippen LogP contribution in [0.25, 0.3) is 11.0 Å². The van der Waals surface area contributed by atoms with Gasteiger partial charge < -0.3 is 63.9 Å². The van der Waals surface area contributed by atoms with Gasteiger partial charge in [0.05, 0.1) is 58.5 Å². The van der Waals surface area contributed by atoms with Gasteiger partial charge in [0.15, 0.2) is 17.2 Å². The van der Waals surface area contributed by atoms with Gasteiger partial charge in [-0.15, -0.1) is 0 Å². The monoisotopic (exact) mass is 1280 g/mol. The number of aromatic nitrogens is 6. The molecule has 23 heteroatoms. The number of nitrogen functional groups attached to an aromatic ring is 2. The van der Waals surface area contributed by atoms with Crippen LogP contribution in [0.2, 0.25) is 6.32 Å². The van der Waals surface area contributed by atoms with Crippen LogP contribution >= 0.6 is 0 Å². The van der Waals surface area contributed by atoms with Gasteiger partial charge in [-0.3, -0.25) is 0 Å². The number of aliphatic hydroxyl groups excluding tert-OH is 1. The van der Waals surface area contributed by atoms with Crippen LogP contribution in [0.4, 0.5) is 25.1 Å². The molecule has 0 saturated carbocycles. The lowest BCUT2D eigenvalue weighted by Gasteiger charge is -2.40. The molecule has 2 aliphatic rings. The second-order valence-corrected chi connectivity index (χ2v) is 22.1. The number of benzene rings is 6. The zero-order valence-electron chi connectivity index (χ0n) is 52.8.